The summed E-state index contributed by atoms with van der Waals surface area (Å²) in [5.74, 6) is -1.11. The van der Waals surface area contributed by atoms with Crippen LogP contribution in [0.1, 0.15) is 33.6 Å². The van der Waals surface area contributed by atoms with Crippen LogP contribution in [0.25, 0.3) is 0 Å². The summed E-state index contributed by atoms with van der Waals surface area (Å²) < 4.78 is 84.2. The first-order chi connectivity index (χ1) is 11.7. The molecule has 4 aliphatic rings. The molecule has 148 valence electrons. The van der Waals surface area contributed by atoms with Crippen molar-refractivity contribution in [3.8, 4) is 0 Å². The minimum atomic E-state index is -5.77. The Bertz CT molecular complexity index is 781. The maximum atomic E-state index is 12.8. The van der Waals surface area contributed by atoms with Crippen molar-refractivity contribution in [1.29, 1.82) is 0 Å². The number of halogens is 4. The molecule has 0 aromatic rings. The molecule has 3 fully saturated rings. The van der Waals surface area contributed by atoms with Crippen LogP contribution in [0.15, 0.2) is 11.8 Å². The van der Waals surface area contributed by atoms with E-state index in [9.17, 15) is 21.6 Å². The van der Waals surface area contributed by atoms with Gasteiger partial charge in [0.25, 0.3) is 0 Å². The molecule has 1 aliphatic carbocycles. The van der Waals surface area contributed by atoms with Crippen molar-refractivity contribution in [3.63, 3.8) is 0 Å². The molecule has 0 N–H and O–H groups in total. The zero-order valence-electron chi connectivity index (χ0n) is 14.2. The standard InChI is InChI=1S/C15H18BrF3O6S/c1-12(2)23-10-7-6-13(3)9(25-26(20,21)15(17,18)19)5-4-8(16)14(13,22-7)11(10)24-12/h5,7-8,10-11H,4,6H2,1-3H3/t7-,8-,10-,11-,13-,14-/m1/s1. The highest BCUT2D eigenvalue weighted by Crippen LogP contribution is 2.67. The summed E-state index contributed by atoms with van der Waals surface area (Å²) in [6.45, 7) is 5.17. The van der Waals surface area contributed by atoms with Crippen molar-refractivity contribution in [3.05, 3.63) is 11.8 Å². The number of allylic oxidation sites excluding steroid dienone is 1. The molecule has 3 saturated heterocycles. The van der Waals surface area contributed by atoms with Crippen LogP contribution >= 0.6 is 15.9 Å². The van der Waals surface area contributed by atoms with Crippen LogP contribution in [-0.2, 0) is 28.5 Å². The highest BCUT2D eigenvalue weighted by atomic mass is 79.9. The summed E-state index contributed by atoms with van der Waals surface area (Å²) in [5.41, 5.74) is -7.69. The van der Waals surface area contributed by atoms with Gasteiger partial charge in [0.15, 0.2) is 5.79 Å². The molecule has 4 rings (SSSR count). The predicted molar refractivity (Wildman–Crippen MR) is 85.6 cm³/mol. The Morgan fingerprint density at radius 3 is 2.50 bits per heavy atom. The van der Waals surface area contributed by atoms with Gasteiger partial charge >= 0.3 is 15.6 Å². The summed E-state index contributed by atoms with van der Waals surface area (Å²) in [6.07, 6.45) is 0.551. The van der Waals surface area contributed by atoms with Gasteiger partial charge < -0.3 is 18.4 Å². The van der Waals surface area contributed by atoms with E-state index < -0.39 is 44.6 Å². The largest absolute Gasteiger partial charge is 0.534 e. The van der Waals surface area contributed by atoms with Gasteiger partial charge in [0.05, 0.1) is 16.3 Å². The second-order valence-electron chi connectivity index (χ2n) is 7.76. The average Bonchev–Trinajstić information content (AvgIpc) is 3.05. The van der Waals surface area contributed by atoms with Crippen molar-refractivity contribution >= 4 is 26.0 Å². The van der Waals surface area contributed by atoms with E-state index in [4.69, 9.17) is 14.2 Å². The van der Waals surface area contributed by atoms with Gasteiger partial charge in [0.1, 0.15) is 23.6 Å². The Balaban J connectivity index is 1.75. The Labute approximate surface area is 157 Å². The molecule has 11 heteroatoms. The van der Waals surface area contributed by atoms with Gasteiger partial charge in [0, 0.05) is 0 Å². The van der Waals surface area contributed by atoms with E-state index in [2.05, 4.69) is 20.1 Å². The van der Waals surface area contributed by atoms with Crippen molar-refractivity contribution in [1.82, 2.24) is 0 Å². The molecule has 0 saturated carbocycles. The molecule has 6 atom stereocenters. The zero-order valence-corrected chi connectivity index (χ0v) is 16.6. The highest BCUT2D eigenvalue weighted by Gasteiger charge is 2.78. The van der Waals surface area contributed by atoms with Gasteiger partial charge in [-0.1, -0.05) is 15.9 Å². The molecule has 3 aliphatic heterocycles. The lowest BCUT2D eigenvalue weighted by Crippen LogP contribution is -2.63. The van der Waals surface area contributed by atoms with Gasteiger partial charge in [-0.25, -0.2) is 0 Å². The fraction of sp³-hybridized carbons (Fsp3) is 0.867. The molecular weight excluding hydrogens is 445 g/mol. The molecule has 0 unspecified atom stereocenters. The first-order valence-electron chi connectivity index (χ1n) is 8.12. The van der Waals surface area contributed by atoms with E-state index in [0.717, 1.165) is 0 Å². The molecule has 1 spiro atoms. The maximum Gasteiger partial charge on any atom is 0.534 e. The molecule has 0 aromatic carbocycles. The minimum Gasteiger partial charge on any atom is -0.380 e. The molecular formula is C15H18BrF3O6S. The summed E-state index contributed by atoms with van der Waals surface area (Å²) >= 11 is 3.56. The van der Waals surface area contributed by atoms with E-state index in [-0.39, 0.29) is 29.5 Å². The number of rotatable bonds is 2. The predicted octanol–water partition coefficient (Wildman–Crippen LogP) is 2.97. The molecule has 0 amide bonds. The fourth-order valence-corrected chi connectivity index (χ4v) is 6.38. The monoisotopic (exact) mass is 462 g/mol. The third-order valence-corrected chi connectivity index (χ3v) is 7.76. The van der Waals surface area contributed by atoms with Crippen LogP contribution in [0.2, 0.25) is 0 Å². The number of fused-ring (bicyclic) bond motifs is 3. The SMILES string of the molecule is CC1(C)O[C@H]2[C@@H](O1)[C@@]13O[C@@H]2C[C@]1(C)C(OS(=O)(=O)C(F)(F)F)=CC[C@H]3Br. The second-order valence-corrected chi connectivity index (χ2v) is 10.4. The quantitative estimate of drug-likeness (QED) is 0.357. The van der Waals surface area contributed by atoms with Crippen molar-refractivity contribution < 1.29 is 40.0 Å². The summed E-state index contributed by atoms with van der Waals surface area (Å²) in [6, 6.07) is 0. The molecule has 3 heterocycles. The molecule has 26 heavy (non-hydrogen) atoms. The third kappa shape index (κ3) is 2.23. The fourth-order valence-electron chi connectivity index (χ4n) is 4.73. The van der Waals surface area contributed by atoms with E-state index in [1.54, 1.807) is 20.8 Å². The number of hydrogen-bond donors (Lipinski definition) is 0. The Morgan fingerprint density at radius 1 is 1.23 bits per heavy atom. The van der Waals surface area contributed by atoms with E-state index in [0.29, 0.717) is 0 Å². The summed E-state index contributed by atoms with van der Waals surface area (Å²) in [5, 5.41) is 0. The topological polar surface area (TPSA) is 71.1 Å². The zero-order chi connectivity index (χ0) is 19.3. The van der Waals surface area contributed by atoms with Crippen molar-refractivity contribution in [2.75, 3.05) is 0 Å². The van der Waals surface area contributed by atoms with E-state index in [1.807, 2.05) is 0 Å². The number of hydrogen-bond acceptors (Lipinski definition) is 6. The summed E-state index contributed by atoms with van der Waals surface area (Å²) in [4.78, 5) is -0.293. The average molecular weight is 463 g/mol. The van der Waals surface area contributed by atoms with Crippen LogP contribution in [-0.4, -0.2) is 48.5 Å². The molecule has 0 radical (unpaired) electrons. The van der Waals surface area contributed by atoms with Gasteiger partial charge in [-0.15, -0.1) is 0 Å². The van der Waals surface area contributed by atoms with Crippen molar-refractivity contribution in [2.45, 2.75) is 73.6 Å². The normalized spacial score (nSPS) is 46.7. The van der Waals surface area contributed by atoms with Gasteiger partial charge in [-0.2, -0.15) is 21.6 Å². The number of alkyl halides is 4. The van der Waals surface area contributed by atoms with Crippen LogP contribution in [0, 0.1) is 5.41 Å². The van der Waals surface area contributed by atoms with E-state index >= 15 is 0 Å². The van der Waals surface area contributed by atoms with Crippen LogP contribution in [0.3, 0.4) is 0 Å². The van der Waals surface area contributed by atoms with Gasteiger partial charge in [-0.05, 0) is 39.7 Å². The molecule has 6 nitrogen and oxygen atoms in total. The molecule has 0 aromatic heterocycles. The first kappa shape index (κ1) is 19.0. The lowest BCUT2D eigenvalue weighted by atomic mass is 9.59. The van der Waals surface area contributed by atoms with Crippen LogP contribution in [0.4, 0.5) is 13.2 Å². The Morgan fingerprint density at radius 2 is 1.88 bits per heavy atom. The maximum absolute atomic E-state index is 12.8. The van der Waals surface area contributed by atoms with Gasteiger partial charge in [-0.3, -0.25) is 0 Å². The second kappa shape index (κ2) is 5.16. The number of ether oxygens (including phenoxy) is 3. The van der Waals surface area contributed by atoms with E-state index in [1.165, 1.54) is 6.08 Å². The Hall–Kier alpha value is -0.360. The Kier molecular flexibility index (Phi) is 3.77. The minimum absolute atomic E-state index is 0.234. The molecule has 2 bridgehead atoms. The first-order valence-corrected chi connectivity index (χ1v) is 10.4. The smallest absolute Gasteiger partial charge is 0.380 e. The van der Waals surface area contributed by atoms with Crippen LogP contribution in [0.5, 0.6) is 0 Å². The van der Waals surface area contributed by atoms with Crippen molar-refractivity contribution in [2.24, 2.45) is 5.41 Å². The lowest BCUT2D eigenvalue weighted by molar-refractivity contribution is -0.204. The van der Waals surface area contributed by atoms with Crippen LogP contribution < -0.4 is 0 Å². The summed E-state index contributed by atoms with van der Waals surface area (Å²) in [7, 11) is -5.77. The van der Waals surface area contributed by atoms with Gasteiger partial charge in [0.2, 0.25) is 0 Å². The lowest BCUT2D eigenvalue weighted by Gasteiger charge is -2.50. The highest BCUT2D eigenvalue weighted by molar-refractivity contribution is 9.09. The third-order valence-electron chi connectivity index (χ3n) is 5.74.